The van der Waals surface area contributed by atoms with Gasteiger partial charge in [0.05, 0.1) is 0 Å². The third-order valence-corrected chi connectivity index (χ3v) is 2.80. The van der Waals surface area contributed by atoms with Crippen molar-refractivity contribution >= 4 is 14.1 Å². The van der Waals surface area contributed by atoms with Crippen LogP contribution in [0.4, 0.5) is 0 Å². The molecule has 0 fully saturated rings. The molecule has 0 aliphatic heterocycles. The number of phenolic OH excluding ortho intramolecular Hbond substituents is 1. The Morgan fingerprint density at radius 2 is 1.53 bits per heavy atom. The summed E-state index contributed by atoms with van der Waals surface area (Å²) >= 11 is 0. The van der Waals surface area contributed by atoms with Gasteiger partial charge in [0.25, 0.3) is 0 Å². The van der Waals surface area contributed by atoms with Crippen LogP contribution in [0.1, 0.15) is 0 Å². The predicted octanol–water partition coefficient (Wildman–Crippen LogP) is 2.69. The molecule has 0 amide bonds. The SMILES string of the molecule is Oc1ccc(OPc2ccccc2)cc1. The van der Waals surface area contributed by atoms with Crippen molar-refractivity contribution < 1.29 is 9.63 Å². The molecule has 3 heteroatoms. The smallest absolute Gasteiger partial charge is 0.123 e. The van der Waals surface area contributed by atoms with Gasteiger partial charge in [-0.3, -0.25) is 0 Å². The van der Waals surface area contributed by atoms with Gasteiger partial charge in [-0.15, -0.1) is 0 Å². The van der Waals surface area contributed by atoms with Gasteiger partial charge in [0.2, 0.25) is 0 Å². The molecule has 0 heterocycles. The summed E-state index contributed by atoms with van der Waals surface area (Å²) in [7, 11) is 0.297. The second-order valence-corrected chi connectivity index (χ2v) is 4.05. The van der Waals surface area contributed by atoms with Gasteiger partial charge in [-0.25, -0.2) is 0 Å². The summed E-state index contributed by atoms with van der Waals surface area (Å²) in [4.78, 5) is 0. The van der Waals surface area contributed by atoms with Gasteiger partial charge >= 0.3 is 0 Å². The molecule has 0 aliphatic carbocycles. The van der Waals surface area contributed by atoms with E-state index in [9.17, 15) is 0 Å². The van der Waals surface area contributed by atoms with Crippen LogP contribution in [0.3, 0.4) is 0 Å². The van der Waals surface area contributed by atoms with Crippen molar-refractivity contribution in [3.8, 4) is 11.5 Å². The zero-order chi connectivity index (χ0) is 10.5. The van der Waals surface area contributed by atoms with Crippen molar-refractivity contribution in [1.29, 1.82) is 0 Å². The number of phenols is 1. The molecule has 15 heavy (non-hydrogen) atoms. The minimum atomic E-state index is 0.255. The lowest BCUT2D eigenvalue weighted by atomic mass is 10.3. The van der Waals surface area contributed by atoms with Gasteiger partial charge in [0.15, 0.2) is 0 Å². The summed E-state index contributed by atoms with van der Waals surface area (Å²) in [6, 6.07) is 16.8. The van der Waals surface area contributed by atoms with Crippen LogP contribution in [-0.2, 0) is 0 Å². The Labute approximate surface area is 90.4 Å². The van der Waals surface area contributed by atoms with Gasteiger partial charge in [-0.2, -0.15) is 0 Å². The molecular weight excluding hydrogens is 207 g/mol. The highest BCUT2D eigenvalue weighted by Gasteiger charge is 1.95. The van der Waals surface area contributed by atoms with E-state index in [0.29, 0.717) is 8.81 Å². The van der Waals surface area contributed by atoms with E-state index in [1.807, 2.05) is 30.3 Å². The zero-order valence-electron chi connectivity index (χ0n) is 8.05. The van der Waals surface area contributed by atoms with Gasteiger partial charge in [-0.05, 0) is 24.3 Å². The summed E-state index contributed by atoms with van der Waals surface area (Å²) in [6.07, 6.45) is 0. The Morgan fingerprint density at radius 1 is 0.867 bits per heavy atom. The molecule has 76 valence electrons. The third kappa shape index (κ3) is 2.97. The van der Waals surface area contributed by atoms with Crippen molar-refractivity contribution in [2.75, 3.05) is 0 Å². The average molecular weight is 218 g/mol. The first-order valence-electron chi connectivity index (χ1n) is 4.61. The lowest BCUT2D eigenvalue weighted by Gasteiger charge is -2.05. The molecule has 0 radical (unpaired) electrons. The molecule has 0 aromatic heterocycles. The molecule has 0 aliphatic rings. The van der Waals surface area contributed by atoms with Crippen molar-refractivity contribution in [2.45, 2.75) is 0 Å². The maximum absolute atomic E-state index is 9.09. The summed E-state index contributed by atoms with van der Waals surface area (Å²) in [6.45, 7) is 0. The fourth-order valence-corrected chi connectivity index (χ4v) is 1.84. The lowest BCUT2D eigenvalue weighted by molar-refractivity contribution is 0.474. The summed E-state index contributed by atoms with van der Waals surface area (Å²) in [5.74, 6) is 1.03. The van der Waals surface area contributed by atoms with Gasteiger partial charge in [0, 0.05) is 5.30 Å². The molecule has 2 nitrogen and oxygen atoms in total. The van der Waals surface area contributed by atoms with Gasteiger partial charge in [0.1, 0.15) is 20.3 Å². The highest BCUT2D eigenvalue weighted by atomic mass is 31.1. The summed E-state index contributed by atoms with van der Waals surface area (Å²) in [5, 5.41) is 10.2. The van der Waals surface area contributed by atoms with E-state index in [4.69, 9.17) is 9.63 Å². The van der Waals surface area contributed by atoms with Crippen LogP contribution in [0.15, 0.2) is 54.6 Å². The Kier molecular flexibility index (Phi) is 3.21. The predicted molar refractivity (Wildman–Crippen MR) is 63.1 cm³/mol. The average Bonchev–Trinajstić information content (AvgIpc) is 2.30. The van der Waals surface area contributed by atoms with Gasteiger partial charge in [-0.1, -0.05) is 30.3 Å². The number of hydrogen-bond donors (Lipinski definition) is 1. The topological polar surface area (TPSA) is 29.5 Å². The molecule has 2 aromatic carbocycles. The van der Waals surface area contributed by atoms with Crippen LogP contribution in [0, 0.1) is 0 Å². The molecule has 0 spiro atoms. The van der Waals surface area contributed by atoms with Crippen LogP contribution in [0.25, 0.3) is 0 Å². The fraction of sp³-hybridized carbons (Fsp3) is 0. The quantitative estimate of drug-likeness (QED) is 0.802. The maximum atomic E-state index is 9.09. The molecule has 2 rings (SSSR count). The second kappa shape index (κ2) is 4.81. The minimum Gasteiger partial charge on any atom is -0.508 e. The van der Waals surface area contributed by atoms with Crippen LogP contribution in [-0.4, -0.2) is 5.11 Å². The monoisotopic (exact) mass is 218 g/mol. The van der Waals surface area contributed by atoms with Crippen molar-refractivity contribution in [1.82, 2.24) is 0 Å². The van der Waals surface area contributed by atoms with Crippen LogP contribution in [0.2, 0.25) is 0 Å². The van der Waals surface area contributed by atoms with E-state index in [0.717, 1.165) is 11.1 Å². The third-order valence-electron chi connectivity index (χ3n) is 1.90. The molecule has 0 saturated carbocycles. The van der Waals surface area contributed by atoms with E-state index < -0.39 is 0 Å². The molecule has 1 atom stereocenters. The van der Waals surface area contributed by atoms with Crippen LogP contribution in [0.5, 0.6) is 11.5 Å². The Bertz CT molecular complexity index is 411. The van der Waals surface area contributed by atoms with Crippen molar-refractivity contribution in [2.24, 2.45) is 0 Å². The molecular formula is C12H11O2P. The minimum absolute atomic E-state index is 0.255. The lowest BCUT2D eigenvalue weighted by Crippen LogP contribution is -1.94. The Morgan fingerprint density at radius 3 is 2.20 bits per heavy atom. The maximum Gasteiger partial charge on any atom is 0.123 e. The van der Waals surface area contributed by atoms with E-state index in [2.05, 4.69) is 0 Å². The van der Waals surface area contributed by atoms with E-state index in [1.54, 1.807) is 24.3 Å². The van der Waals surface area contributed by atoms with Crippen molar-refractivity contribution in [3.63, 3.8) is 0 Å². The zero-order valence-corrected chi connectivity index (χ0v) is 9.05. The highest BCUT2D eigenvalue weighted by molar-refractivity contribution is 7.42. The Hall–Kier alpha value is -1.53. The number of benzene rings is 2. The Balaban J connectivity index is 1.96. The molecule has 2 aromatic rings. The molecule has 1 N–H and O–H groups in total. The number of aromatic hydroxyl groups is 1. The highest BCUT2D eigenvalue weighted by Crippen LogP contribution is 2.22. The summed E-state index contributed by atoms with van der Waals surface area (Å²) < 4.78 is 5.56. The normalized spacial score (nSPS) is 10.7. The first-order chi connectivity index (χ1) is 7.34. The summed E-state index contributed by atoms with van der Waals surface area (Å²) in [5.41, 5.74) is 0. The molecule has 0 saturated heterocycles. The van der Waals surface area contributed by atoms with Gasteiger partial charge < -0.3 is 9.63 Å². The first-order valence-corrected chi connectivity index (χ1v) is 5.52. The largest absolute Gasteiger partial charge is 0.508 e. The second-order valence-electron chi connectivity index (χ2n) is 3.06. The van der Waals surface area contributed by atoms with E-state index in [-0.39, 0.29) is 5.75 Å². The number of rotatable bonds is 3. The van der Waals surface area contributed by atoms with E-state index in [1.165, 1.54) is 0 Å². The van der Waals surface area contributed by atoms with Crippen LogP contribution >= 0.6 is 8.81 Å². The number of hydrogen-bond acceptors (Lipinski definition) is 2. The molecule has 0 bridgehead atoms. The van der Waals surface area contributed by atoms with E-state index >= 15 is 0 Å². The standard InChI is InChI=1S/C12H11O2P/c13-10-6-8-11(9-7-10)14-15-12-4-2-1-3-5-12/h1-9,13,15H. The fourth-order valence-electron chi connectivity index (χ4n) is 1.14. The first kappa shape index (κ1) is 10.0. The van der Waals surface area contributed by atoms with Crippen LogP contribution < -0.4 is 9.83 Å². The molecule has 1 unspecified atom stereocenters. The van der Waals surface area contributed by atoms with Crippen molar-refractivity contribution in [3.05, 3.63) is 54.6 Å².